The first-order chi connectivity index (χ1) is 7.31. The Labute approximate surface area is 91.3 Å². The van der Waals surface area contributed by atoms with E-state index >= 15 is 0 Å². The molecule has 0 saturated heterocycles. The van der Waals surface area contributed by atoms with Gasteiger partial charge in [0, 0.05) is 31.3 Å². The summed E-state index contributed by atoms with van der Waals surface area (Å²) in [6.07, 6.45) is 9.26. The molecule has 2 saturated carbocycles. The van der Waals surface area contributed by atoms with Gasteiger partial charge >= 0.3 is 0 Å². The molecule has 0 aliphatic heterocycles. The molecule has 0 unspecified atom stereocenters. The number of carbonyl (C=O) groups is 1. The van der Waals surface area contributed by atoms with Crippen LogP contribution in [-0.2, 0) is 4.79 Å². The Bertz CT molecular complexity index is 286. The van der Waals surface area contributed by atoms with Crippen LogP contribution in [0.25, 0.3) is 0 Å². The molecule has 0 atom stereocenters. The first-order valence-electron chi connectivity index (χ1n) is 6.29. The summed E-state index contributed by atoms with van der Waals surface area (Å²) in [5.74, 6) is 2.20. The zero-order valence-electron chi connectivity index (χ0n) is 9.24. The zero-order chi connectivity index (χ0) is 10.3. The number of nitrogens with zero attached hydrogens (tertiary/aromatic N) is 1. The van der Waals surface area contributed by atoms with Gasteiger partial charge in [-0.3, -0.25) is 4.79 Å². The Morgan fingerprint density at radius 3 is 2.07 bits per heavy atom. The SMILES string of the molecule is O=C1C=C(N(CC2CC2)CC2CC2)CC1. The highest BCUT2D eigenvalue weighted by Gasteiger charge is 2.31. The Morgan fingerprint density at radius 2 is 1.67 bits per heavy atom. The van der Waals surface area contributed by atoms with Crippen molar-refractivity contribution in [2.75, 3.05) is 13.1 Å². The van der Waals surface area contributed by atoms with Crippen molar-refractivity contribution in [1.82, 2.24) is 4.90 Å². The quantitative estimate of drug-likeness (QED) is 0.686. The second kappa shape index (κ2) is 3.66. The first-order valence-corrected chi connectivity index (χ1v) is 6.29. The van der Waals surface area contributed by atoms with E-state index in [9.17, 15) is 4.79 Å². The molecule has 0 aromatic rings. The van der Waals surface area contributed by atoms with Gasteiger partial charge in [0.2, 0.25) is 0 Å². The third-order valence-corrected chi connectivity index (χ3v) is 3.71. The molecule has 0 spiro atoms. The molecule has 0 radical (unpaired) electrons. The van der Waals surface area contributed by atoms with Gasteiger partial charge in [-0.25, -0.2) is 0 Å². The van der Waals surface area contributed by atoms with Crippen LogP contribution in [0, 0.1) is 11.8 Å². The Balaban J connectivity index is 1.64. The fourth-order valence-corrected chi connectivity index (χ4v) is 2.36. The van der Waals surface area contributed by atoms with E-state index in [2.05, 4.69) is 4.90 Å². The summed E-state index contributed by atoms with van der Waals surface area (Å²) in [4.78, 5) is 13.8. The normalized spacial score (nSPS) is 25.6. The van der Waals surface area contributed by atoms with Crippen LogP contribution >= 0.6 is 0 Å². The highest BCUT2D eigenvalue weighted by atomic mass is 16.1. The monoisotopic (exact) mass is 205 g/mol. The van der Waals surface area contributed by atoms with Gasteiger partial charge in [-0.05, 0) is 43.9 Å². The van der Waals surface area contributed by atoms with Gasteiger partial charge in [-0.15, -0.1) is 0 Å². The summed E-state index contributed by atoms with van der Waals surface area (Å²) < 4.78 is 0. The van der Waals surface area contributed by atoms with Gasteiger partial charge < -0.3 is 4.90 Å². The fraction of sp³-hybridized carbons (Fsp3) is 0.769. The van der Waals surface area contributed by atoms with Gasteiger partial charge in [0.1, 0.15) is 0 Å². The molecule has 15 heavy (non-hydrogen) atoms. The number of carbonyl (C=O) groups excluding carboxylic acids is 1. The number of ketones is 1. The Kier molecular flexibility index (Phi) is 2.30. The molecular formula is C13H19NO. The summed E-state index contributed by atoms with van der Waals surface area (Å²) in [5, 5.41) is 0. The van der Waals surface area contributed by atoms with E-state index in [0.29, 0.717) is 5.78 Å². The minimum absolute atomic E-state index is 0.335. The topological polar surface area (TPSA) is 20.3 Å². The lowest BCUT2D eigenvalue weighted by Gasteiger charge is -2.25. The van der Waals surface area contributed by atoms with E-state index in [0.717, 1.165) is 24.7 Å². The molecule has 3 aliphatic rings. The molecule has 0 heterocycles. The lowest BCUT2D eigenvalue weighted by Crippen LogP contribution is -2.27. The minimum atomic E-state index is 0.335. The van der Waals surface area contributed by atoms with Crippen molar-refractivity contribution in [2.45, 2.75) is 38.5 Å². The summed E-state index contributed by atoms with van der Waals surface area (Å²) in [6.45, 7) is 2.44. The Morgan fingerprint density at radius 1 is 1.07 bits per heavy atom. The zero-order valence-corrected chi connectivity index (χ0v) is 9.24. The molecule has 0 bridgehead atoms. The largest absolute Gasteiger partial charge is 0.374 e. The van der Waals surface area contributed by atoms with Gasteiger partial charge in [-0.1, -0.05) is 0 Å². The van der Waals surface area contributed by atoms with E-state index in [4.69, 9.17) is 0 Å². The van der Waals surface area contributed by atoms with Crippen molar-refractivity contribution in [2.24, 2.45) is 11.8 Å². The third kappa shape index (κ3) is 2.42. The molecule has 2 fully saturated rings. The van der Waals surface area contributed by atoms with Crippen LogP contribution in [-0.4, -0.2) is 23.8 Å². The molecule has 2 heteroatoms. The fourth-order valence-electron chi connectivity index (χ4n) is 2.36. The molecule has 3 aliphatic carbocycles. The highest BCUT2D eigenvalue weighted by Crippen LogP contribution is 2.36. The minimum Gasteiger partial charge on any atom is -0.374 e. The molecule has 2 nitrogen and oxygen atoms in total. The average Bonchev–Trinajstić information content (AvgIpc) is 3.11. The molecule has 3 rings (SSSR count). The maximum atomic E-state index is 11.3. The van der Waals surface area contributed by atoms with Crippen molar-refractivity contribution < 1.29 is 4.79 Å². The van der Waals surface area contributed by atoms with E-state index in [1.807, 2.05) is 6.08 Å². The Hall–Kier alpha value is -0.790. The molecule has 82 valence electrons. The second-order valence-electron chi connectivity index (χ2n) is 5.39. The summed E-state index contributed by atoms with van der Waals surface area (Å²) in [6, 6.07) is 0. The van der Waals surface area contributed by atoms with Crippen LogP contribution in [0.2, 0.25) is 0 Å². The van der Waals surface area contributed by atoms with Crippen molar-refractivity contribution in [3.8, 4) is 0 Å². The smallest absolute Gasteiger partial charge is 0.157 e. The van der Waals surface area contributed by atoms with Crippen LogP contribution in [0.15, 0.2) is 11.8 Å². The van der Waals surface area contributed by atoms with Crippen LogP contribution in [0.5, 0.6) is 0 Å². The average molecular weight is 205 g/mol. The molecule has 0 N–H and O–H groups in total. The van der Waals surface area contributed by atoms with Crippen molar-refractivity contribution in [3.63, 3.8) is 0 Å². The lowest BCUT2D eigenvalue weighted by atomic mass is 10.2. The predicted octanol–water partition coefficient (Wildman–Crippen LogP) is 2.36. The second-order valence-corrected chi connectivity index (χ2v) is 5.39. The summed E-state index contributed by atoms with van der Waals surface area (Å²) >= 11 is 0. The van der Waals surface area contributed by atoms with Gasteiger partial charge in [0.15, 0.2) is 5.78 Å². The van der Waals surface area contributed by atoms with Gasteiger partial charge in [0.25, 0.3) is 0 Å². The van der Waals surface area contributed by atoms with E-state index in [1.54, 1.807) is 0 Å². The van der Waals surface area contributed by atoms with Crippen molar-refractivity contribution >= 4 is 5.78 Å². The van der Waals surface area contributed by atoms with Crippen LogP contribution in [0.4, 0.5) is 0 Å². The number of hydrogen-bond donors (Lipinski definition) is 0. The number of rotatable bonds is 5. The molecule has 0 aromatic heterocycles. The van der Waals surface area contributed by atoms with Crippen molar-refractivity contribution in [3.05, 3.63) is 11.8 Å². The van der Waals surface area contributed by atoms with Gasteiger partial charge in [0.05, 0.1) is 0 Å². The molecular weight excluding hydrogens is 186 g/mol. The van der Waals surface area contributed by atoms with Gasteiger partial charge in [-0.2, -0.15) is 0 Å². The highest BCUT2D eigenvalue weighted by molar-refractivity contribution is 5.92. The summed E-state index contributed by atoms with van der Waals surface area (Å²) in [5.41, 5.74) is 1.33. The lowest BCUT2D eigenvalue weighted by molar-refractivity contribution is -0.114. The third-order valence-electron chi connectivity index (χ3n) is 3.71. The predicted molar refractivity (Wildman–Crippen MR) is 59.3 cm³/mol. The summed E-state index contributed by atoms with van der Waals surface area (Å²) in [7, 11) is 0. The van der Waals surface area contributed by atoms with E-state index in [-0.39, 0.29) is 0 Å². The number of hydrogen-bond acceptors (Lipinski definition) is 2. The molecule has 0 amide bonds. The number of allylic oxidation sites excluding steroid dienone is 2. The van der Waals surface area contributed by atoms with E-state index < -0.39 is 0 Å². The first kappa shape index (κ1) is 9.44. The van der Waals surface area contributed by atoms with Crippen LogP contribution in [0.1, 0.15) is 38.5 Å². The van der Waals surface area contributed by atoms with Crippen molar-refractivity contribution in [1.29, 1.82) is 0 Å². The molecule has 0 aromatic carbocycles. The van der Waals surface area contributed by atoms with Crippen LogP contribution < -0.4 is 0 Å². The standard InChI is InChI=1S/C13H19NO/c15-13-6-5-12(7-13)14(8-10-1-2-10)9-11-3-4-11/h7,10-11H,1-6,8-9H2. The van der Waals surface area contributed by atoms with E-state index in [1.165, 1.54) is 44.5 Å². The maximum absolute atomic E-state index is 11.3. The maximum Gasteiger partial charge on any atom is 0.157 e. The van der Waals surface area contributed by atoms with Crippen LogP contribution in [0.3, 0.4) is 0 Å².